The van der Waals surface area contributed by atoms with Crippen LogP contribution >= 0.6 is 22.7 Å². The van der Waals surface area contributed by atoms with Crippen molar-refractivity contribution >= 4 is 28.6 Å². The molecule has 0 spiro atoms. The van der Waals surface area contributed by atoms with Gasteiger partial charge in [0.15, 0.2) is 0 Å². The van der Waals surface area contributed by atoms with Crippen LogP contribution in [0, 0.1) is 0 Å². The fourth-order valence-electron chi connectivity index (χ4n) is 3.08. The zero-order valence-electron chi connectivity index (χ0n) is 15.6. The van der Waals surface area contributed by atoms with Crippen LogP contribution in [0.1, 0.15) is 17.5 Å². The van der Waals surface area contributed by atoms with E-state index in [4.69, 9.17) is 5.10 Å². The molecule has 0 saturated heterocycles. The fourth-order valence-corrected chi connectivity index (χ4v) is 4.53. The molecular weight excluding hydrogens is 386 g/mol. The second-order valence-corrected chi connectivity index (χ2v) is 8.37. The van der Waals surface area contributed by atoms with E-state index < -0.39 is 0 Å². The Labute approximate surface area is 172 Å². The summed E-state index contributed by atoms with van der Waals surface area (Å²) in [6.45, 7) is 0.544. The first-order chi connectivity index (χ1) is 13.7. The molecule has 1 amide bonds. The van der Waals surface area contributed by atoms with Crippen LogP contribution in [0.25, 0.3) is 16.3 Å². The van der Waals surface area contributed by atoms with Gasteiger partial charge in [0.05, 0.1) is 10.6 Å². The van der Waals surface area contributed by atoms with Gasteiger partial charge in [-0.2, -0.15) is 16.4 Å². The molecule has 0 radical (unpaired) electrons. The van der Waals surface area contributed by atoms with Crippen molar-refractivity contribution in [3.05, 3.63) is 82.0 Å². The first-order valence-corrected chi connectivity index (χ1v) is 11.0. The molecule has 0 saturated carbocycles. The maximum atomic E-state index is 12.6. The predicted molar refractivity (Wildman–Crippen MR) is 116 cm³/mol. The quantitative estimate of drug-likeness (QED) is 0.419. The van der Waals surface area contributed by atoms with Crippen molar-refractivity contribution in [3.8, 4) is 16.3 Å². The van der Waals surface area contributed by atoms with Gasteiger partial charge in [0, 0.05) is 31.8 Å². The fraction of sp³-hybridized carbons (Fsp3) is 0.182. The molecule has 142 valence electrons. The maximum Gasteiger partial charge on any atom is 0.222 e. The van der Waals surface area contributed by atoms with Gasteiger partial charge in [0.25, 0.3) is 0 Å². The minimum Gasteiger partial charge on any atom is -0.341 e. The molecule has 4 nitrogen and oxygen atoms in total. The first-order valence-electron chi connectivity index (χ1n) is 9.13. The Morgan fingerprint density at radius 1 is 1.11 bits per heavy atom. The molecule has 0 N–H and O–H groups in total. The Kier molecular flexibility index (Phi) is 5.69. The number of hydrogen-bond donors (Lipinski definition) is 0. The highest BCUT2D eigenvalue weighted by molar-refractivity contribution is 7.13. The van der Waals surface area contributed by atoms with Crippen molar-refractivity contribution in [2.45, 2.75) is 19.4 Å². The molecular formula is C22H21N3OS2. The number of rotatable bonds is 7. The average Bonchev–Trinajstić information content (AvgIpc) is 3.47. The molecule has 3 heterocycles. The van der Waals surface area contributed by atoms with Gasteiger partial charge < -0.3 is 4.90 Å². The molecule has 0 aliphatic rings. The van der Waals surface area contributed by atoms with E-state index >= 15 is 0 Å². The molecule has 0 atom stereocenters. The molecule has 6 heteroatoms. The van der Waals surface area contributed by atoms with Gasteiger partial charge in [-0.15, -0.1) is 11.3 Å². The van der Waals surface area contributed by atoms with Crippen LogP contribution in [0.4, 0.5) is 0 Å². The lowest BCUT2D eigenvalue weighted by molar-refractivity contribution is -0.130. The van der Waals surface area contributed by atoms with Gasteiger partial charge in [0.2, 0.25) is 5.91 Å². The lowest BCUT2D eigenvalue weighted by Gasteiger charge is -2.16. The molecule has 0 bridgehead atoms. The highest BCUT2D eigenvalue weighted by Crippen LogP contribution is 2.28. The van der Waals surface area contributed by atoms with Gasteiger partial charge in [-0.3, -0.25) is 4.79 Å². The topological polar surface area (TPSA) is 38.1 Å². The summed E-state index contributed by atoms with van der Waals surface area (Å²) in [4.78, 5) is 15.5. The van der Waals surface area contributed by atoms with Gasteiger partial charge in [0.1, 0.15) is 5.69 Å². The number of amides is 1. The summed E-state index contributed by atoms with van der Waals surface area (Å²) in [6.07, 6.45) is 3.34. The minimum atomic E-state index is 0.149. The molecule has 3 aromatic heterocycles. The third kappa shape index (κ3) is 4.24. The minimum absolute atomic E-state index is 0.149. The lowest BCUT2D eigenvalue weighted by atomic mass is 10.1. The van der Waals surface area contributed by atoms with Crippen molar-refractivity contribution in [2.75, 3.05) is 7.05 Å². The summed E-state index contributed by atoms with van der Waals surface area (Å²) in [5.74, 6) is 0.149. The summed E-state index contributed by atoms with van der Waals surface area (Å²) in [5, 5.41) is 11.0. The Balaban J connectivity index is 1.54. The lowest BCUT2D eigenvalue weighted by Crippen LogP contribution is -2.26. The van der Waals surface area contributed by atoms with Gasteiger partial charge in [-0.25, -0.2) is 4.68 Å². The van der Waals surface area contributed by atoms with Crippen LogP contribution in [-0.2, 0) is 17.8 Å². The van der Waals surface area contributed by atoms with Crippen molar-refractivity contribution in [1.29, 1.82) is 0 Å². The van der Waals surface area contributed by atoms with E-state index in [9.17, 15) is 4.79 Å². The Hall–Kier alpha value is -2.70. The van der Waals surface area contributed by atoms with Gasteiger partial charge in [-0.1, -0.05) is 24.3 Å². The smallest absolute Gasteiger partial charge is 0.222 e. The van der Waals surface area contributed by atoms with Crippen LogP contribution in [0.5, 0.6) is 0 Å². The number of thiophene rings is 2. The Morgan fingerprint density at radius 2 is 1.96 bits per heavy atom. The number of benzene rings is 1. The number of para-hydroxylation sites is 1. The molecule has 0 aliphatic heterocycles. The third-order valence-electron chi connectivity index (χ3n) is 4.61. The third-order valence-corrected chi connectivity index (χ3v) is 6.21. The van der Waals surface area contributed by atoms with Gasteiger partial charge in [-0.05, 0) is 52.4 Å². The summed E-state index contributed by atoms with van der Waals surface area (Å²) in [7, 11) is 1.87. The normalized spacial score (nSPS) is 10.9. The van der Waals surface area contributed by atoms with E-state index in [1.165, 1.54) is 5.56 Å². The van der Waals surface area contributed by atoms with Gasteiger partial charge >= 0.3 is 0 Å². The van der Waals surface area contributed by atoms with E-state index in [0.717, 1.165) is 28.2 Å². The van der Waals surface area contributed by atoms with Crippen LogP contribution in [0.15, 0.2) is 70.9 Å². The molecule has 4 rings (SSSR count). The monoisotopic (exact) mass is 407 g/mol. The number of nitrogens with zero attached hydrogens (tertiary/aromatic N) is 3. The summed E-state index contributed by atoms with van der Waals surface area (Å²) in [6, 6.07) is 16.2. The summed E-state index contributed by atoms with van der Waals surface area (Å²) in [5.41, 5.74) is 4.23. The second kappa shape index (κ2) is 8.54. The molecule has 4 aromatic rings. The zero-order chi connectivity index (χ0) is 19.3. The number of carbonyl (C=O) groups is 1. The maximum absolute atomic E-state index is 12.6. The van der Waals surface area contributed by atoms with Crippen molar-refractivity contribution in [1.82, 2.24) is 14.7 Å². The molecule has 0 fully saturated rings. The van der Waals surface area contributed by atoms with Crippen LogP contribution in [0.3, 0.4) is 0 Å². The van der Waals surface area contributed by atoms with Crippen molar-refractivity contribution in [3.63, 3.8) is 0 Å². The van der Waals surface area contributed by atoms with Crippen LogP contribution in [0.2, 0.25) is 0 Å². The second-order valence-electron chi connectivity index (χ2n) is 6.64. The SMILES string of the molecule is CN(Cc1cn(-c2ccccc2)nc1-c1cccs1)C(=O)CCc1ccsc1. The van der Waals surface area contributed by atoms with Crippen molar-refractivity contribution < 1.29 is 4.79 Å². The van der Waals surface area contributed by atoms with Crippen LogP contribution in [-0.4, -0.2) is 27.6 Å². The number of carbonyl (C=O) groups excluding carboxylic acids is 1. The molecule has 1 aromatic carbocycles. The van der Waals surface area contributed by atoms with E-state index in [2.05, 4.69) is 28.3 Å². The molecule has 0 aliphatic carbocycles. The molecule has 28 heavy (non-hydrogen) atoms. The average molecular weight is 408 g/mol. The summed E-state index contributed by atoms with van der Waals surface area (Å²) >= 11 is 3.33. The van der Waals surface area contributed by atoms with E-state index in [1.54, 1.807) is 27.6 Å². The highest BCUT2D eigenvalue weighted by atomic mass is 32.1. The number of aromatic nitrogens is 2. The highest BCUT2D eigenvalue weighted by Gasteiger charge is 2.17. The summed E-state index contributed by atoms with van der Waals surface area (Å²) < 4.78 is 1.90. The number of aryl methyl sites for hydroxylation is 1. The van der Waals surface area contributed by atoms with E-state index in [0.29, 0.717) is 13.0 Å². The van der Waals surface area contributed by atoms with E-state index in [-0.39, 0.29) is 5.91 Å². The molecule has 0 unspecified atom stereocenters. The zero-order valence-corrected chi connectivity index (χ0v) is 17.2. The Bertz CT molecular complexity index is 1020. The standard InChI is InChI=1S/C22H21N3OS2/c1-24(21(26)10-9-17-11-13-27-16-17)14-18-15-25(19-6-3-2-4-7-19)23-22(18)20-8-5-12-28-20/h2-8,11-13,15-16H,9-10,14H2,1H3. The Morgan fingerprint density at radius 3 is 2.68 bits per heavy atom. The van der Waals surface area contributed by atoms with Crippen molar-refractivity contribution in [2.24, 2.45) is 0 Å². The number of hydrogen-bond acceptors (Lipinski definition) is 4. The first kappa shape index (κ1) is 18.7. The largest absolute Gasteiger partial charge is 0.341 e. The predicted octanol–water partition coefficient (Wildman–Crippen LogP) is 5.25. The van der Waals surface area contributed by atoms with Crippen LogP contribution < -0.4 is 0 Å². The van der Waals surface area contributed by atoms with E-state index in [1.807, 2.05) is 54.3 Å².